The fraction of sp³-hybridized carbons (Fsp3) is 0.231. The molecule has 1 aromatic heterocycles. The van der Waals surface area contributed by atoms with E-state index in [1.165, 1.54) is 6.33 Å². The van der Waals surface area contributed by atoms with Gasteiger partial charge in [-0.1, -0.05) is 12.1 Å². The standard InChI is InChI=1S/C13H16N4/c1-17(2)12-5-3-10(4-6-12)13(14)11-7-15-9-16-8-11/h3-9,13H,14H2,1-2H3. The SMILES string of the molecule is CN(C)c1ccc(C(N)c2cncnc2)cc1. The largest absolute Gasteiger partial charge is 0.378 e. The molecule has 4 nitrogen and oxygen atoms in total. The Labute approximate surface area is 101 Å². The molecule has 0 saturated heterocycles. The zero-order valence-corrected chi connectivity index (χ0v) is 10.0. The smallest absolute Gasteiger partial charge is 0.115 e. The van der Waals surface area contributed by atoms with Gasteiger partial charge in [0.15, 0.2) is 0 Å². The molecule has 1 atom stereocenters. The zero-order chi connectivity index (χ0) is 12.3. The van der Waals surface area contributed by atoms with Crippen LogP contribution in [0.2, 0.25) is 0 Å². The van der Waals surface area contributed by atoms with E-state index < -0.39 is 0 Å². The highest BCUT2D eigenvalue weighted by molar-refractivity contribution is 5.47. The van der Waals surface area contributed by atoms with Crippen molar-refractivity contribution in [2.24, 2.45) is 5.73 Å². The van der Waals surface area contributed by atoms with E-state index in [1.807, 2.05) is 26.2 Å². The molecule has 2 aromatic rings. The first-order valence-electron chi connectivity index (χ1n) is 5.46. The summed E-state index contributed by atoms with van der Waals surface area (Å²) in [6.07, 6.45) is 5.00. The average Bonchev–Trinajstić information content (AvgIpc) is 2.39. The second-order valence-corrected chi connectivity index (χ2v) is 4.14. The van der Waals surface area contributed by atoms with E-state index in [0.29, 0.717) is 0 Å². The van der Waals surface area contributed by atoms with Gasteiger partial charge < -0.3 is 10.6 Å². The van der Waals surface area contributed by atoms with Gasteiger partial charge in [-0.25, -0.2) is 9.97 Å². The third-order valence-corrected chi connectivity index (χ3v) is 2.71. The van der Waals surface area contributed by atoms with Crippen LogP contribution in [0.3, 0.4) is 0 Å². The first-order valence-corrected chi connectivity index (χ1v) is 5.46. The third-order valence-electron chi connectivity index (χ3n) is 2.71. The minimum atomic E-state index is -0.174. The number of nitrogens with zero attached hydrogens (tertiary/aromatic N) is 3. The number of aromatic nitrogens is 2. The molecule has 0 spiro atoms. The lowest BCUT2D eigenvalue weighted by atomic mass is 10.0. The molecule has 0 aliphatic heterocycles. The van der Waals surface area contributed by atoms with E-state index in [0.717, 1.165) is 16.8 Å². The molecule has 0 fully saturated rings. The second-order valence-electron chi connectivity index (χ2n) is 4.14. The zero-order valence-electron chi connectivity index (χ0n) is 10.0. The lowest BCUT2D eigenvalue weighted by Crippen LogP contribution is -2.13. The van der Waals surface area contributed by atoms with Gasteiger partial charge in [0.1, 0.15) is 6.33 Å². The monoisotopic (exact) mass is 228 g/mol. The Balaban J connectivity index is 2.23. The Morgan fingerprint density at radius 2 is 1.59 bits per heavy atom. The van der Waals surface area contributed by atoms with E-state index in [4.69, 9.17) is 5.73 Å². The Morgan fingerprint density at radius 3 is 2.12 bits per heavy atom. The fourth-order valence-corrected chi connectivity index (χ4v) is 1.64. The van der Waals surface area contributed by atoms with Crippen LogP contribution in [0.4, 0.5) is 5.69 Å². The highest BCUT2D eigenvalue weighted by Gasteiger charge is 2.09. The molecule has 2 N–H and O–H groups in total. The Kier molecular flexibility index (Phi) is 3.35. The maximum Gasteiger partial charge on any atom is 0.115 e. The highest BCUT2D eigenvalue weighted by Crippen LogP contribution is 2.20. The highest BCUT2D eigenvalue weighted by atomic mass is 15.1. The molecular formula is C13H16N4. The number of hydrogen-bond donors (Lipinski definition) is 1. The first-order chi connectivity index (χ1) is 8.18. The Bertz CT molecular complexity index is 465. The number of hydrogen-bond acceptors (Lipinski definition) is 4. The molecule has 4 heteroatoms. The number of anilines is 1. The summed E-state index contributed by atoms with van der Waals surface area (Å²) in [7, 11) is 4.03. The van der Waals surface area contributed by atoms with Gasteiger partial charge in [0.25, 0.3) is 0 Å². The van der Waals surface area contributed by atoms with E-state index in [2.05, 4.69) is 27.0 Å². The quantitative estimate of drug-likeness (QED) is 0.866. The summed E-state index contributed by atoms with van der Waals surface area (Å²) in [4.78, 5) is 10.0. The van der Waals surface area contributed by atoms with Gasteiger partial charge in [-0.05, 0) is 17.7 Å². The minimum Gasteiger partial charge on any atom is -0.378 e. The van der Waals surface area contributed by atoms with Crippen molar-refractivity contribution in [3.05, 3.63) is 54.1 Å². The van der Waals surface area contributed by atoms with Crippen LogP contribution in [0.5, 0.6) is 0 Å². The van der Waals surface area contributed by atoms with Crippen molar-refractivity contribution in [2.45, 2.75) is 6.04 Å². The summed E-state index contributed by atoms with van der Waals surface area (Å²) in [6, 6.07) is 8.00. The van der Waals surface area contributed by atoms with Gasteiger partial charge in [-0.3, -0.25) is 0 Å². The molecule has 2 rings (SSSR count). The third kappa shape index (κ3) is 2.60. The maximum atomic E-state index is 6.15. The van der Waals surface area contributed by atoms with Gasteiger partial charge in [0.05, 0.1) is 6.04 Å². The molecular weight excluding hydrogens is 212 g/mol. The van der Waals surface area contributed by atoms with Crippen molar-refractivity contribution in [3.63, 3.8) is 0 Å². The van der Waals surface area contributed by atoms with Crippen LogP contribution in [-0.4, -0.2) is 24.1 Å². The summed E-state index contributed by atoms with van der Waals surface area (Å²) >= 11 is 0. The van der Waals surface area contributed by atoms with Crippen molar-refractivity contribution in [1.29, 1.82) is 0 Å². The normalized spacial score (nSPS) is 12.2. The lowest BCUT2D eigenvalue weighted by Gasteiger charge is -2.15. The number of benzene rings is 1. The van der Waals surface area contributed by atoms with Crippen LogP contribution in [0.1, 0.15) is 17.2 Å². The van der Waals surface area contributed by atoms with E-state index in [1.54, 1.807) is 12.4 Å². The summed E-state index contributed by atoms with van der Waals surface area (Å²) in [5, 5.41) is 0. The Morgan fingerprint density at radius 1 is 1.00 bits per heavy atom. The molecule has 0 radical (unpaired) electrons. The van der Waals surface area contributed by atoms with Crippen LogP contribution in [0.25, 0.3) is 0 Å². The lowest BCUT2D eigenvalue weighted by molar-refractivity contribution is 0.850. The molecule has 0 bridgehead atoms. The molecule has 1 heterocycles. The van der Waals surface area contributed by atoms with Gasteiger partial charge in [0, 0.05) is 37.7 Å². The van der Waals surface area contributed by atoms with E-state index >= 15 is 0 Å². The van der Waals surface area contributed by atoms with Crippen molar-refractivity contribution in [3.8, 4) is 0 Å². The van der Waals surface area contributed by atoms with E-state index in [-0.39, 0.29) is 6.04 Å². The molecule has 0 aliphatic carbocycles. The van der Waals surface area contributed by atoms with Crippen molar-refractivity contribution < 1.29 is 0 Å². The molecule has 0 amide bonds. The molecule has 17 heavy (non-hydrogen) atoms. The van der Waals surface area contributed by atoms with E-state index in [9.17, 15) is 0 Å². The molecule has 1 unspecified atom stereocenters. The van der Waals surface area contributed by atoms with Crippen molar-refractivity contribution in [2.75, 3.05) is 19.0 Å². The van der Waals surface area contributed by atoms with Gasteiger partial charge >= 0.3 is 0 Å². The summed E-state index contributed by atoms with van der Waals surface area (Å²) in [5.41, 5.74) is 9.29. The van der Waals surface area contributed by atoms with Crippen LogP contribution in [0.15, 0.2) is 43.0 Å². The summed E-state index contributed by atoms with van der Waals surface area (Å²) in [5.74, 6) is 0. The predicted octanol–water partition coefficient (Wildman–Crippen LogP) is 1.59. The van der Waals surface area contributed by atoms with Crippen LogP contribution < -0.4 is 10.6 Å². The van der Waals surface area contributed by atoms with Crippen molar-refractivity contribution in [1.82, 2.24) is 9.97 Å². The number of nitrogens with two attached hydrogens (primary N) is 1. The fourth-order valence-electron chi connectivity index (χ4n) is 1.64. The van der Waals surface area contributed by atoms with Crippen molar-refractivity contribution >= 4 is 5.69 Å². The Hall–Kier alpha value is -1.94. The van der Waals surface area contributed by atoms with Crippen LogP contribution in [0, 0.1) is 0 Å². The maximum absolute atomic E-state index is 6.15. The average molecular weight is 228 g/mol. The second kappa shape index (κ2) is 4.93. The predicted molar refractivity (Wildman–Crippen MR) is 68.8 cm³/mol. The number of rotatable bonds is 3. The van der Waals surface area contributed by atoms with Crippen LogP contribution >= 0.6 is 0 Å². The van der Waals surface area contributed by atoms with Gasteiger partial charge in [-0.15, -0.1) is 0 Å². The first kappa shape index (κ1) is 11.5. The van der Waals surface area contributed by atoms with Gasteiger partial charge in [0.2, 0.25) is 0 Å². The molecule has 88 valence electrons. The topological polar surface area (TPSA) is 55.0 Å². The minimum absolute atomic E-state index is 0.174. The molecule has 1 aromatic carbocycles. The molecule has 0 saturated carbocycles. The summed E-state index contributed by atoms with van der Waals surface area (Å²) < 4.78 is 0. The van der Waals surface area contributed by atoms with Crippen LogP contribution in [-0.2, 0) is 0 Å². The molecule has 0 aliphatic rings. The summed E-state index contributed by atoms with van der Waals surface area (Å²) in [6.45, 7) is 0. The van der Waals surface area contributed by atoms with Gasteiger partial charge in [-0.2, -0.15) is 0 Å².